The number of hydrogen-bond donors (Lipinski definition) is 2. The summed E-state index contributed by atoms with van der Waals surface area (Å²) < 4.78 is 1.62. The molecule has 5 nitrogen and oxygen atoms in total. The SMILES string of the molecule is Cn1cc(C(=O)NCC2CC(N)C2)cn1. The molecule has 0 bridgehead atoms. The van der Waals surface area contributed by atoms with E-state index in [9.17, 15) is 4.79 Å². The highest BCUT2D eigenvalue weighted by atomic mass is 16.1. The molecule has 0 spiro atoms. The van der Waals surface area contributed by atoms with E-state index >= 15 is 0 Å². The van der Waals surface area contributed by atoms with Crippen LogP contribution >= 0.6 is 0 Å². The molecule has 0 aliphatic heterocycles. The van der Waals surface area contributed by atoms with Gasteiger partial charge in [-0.2, -0.15) is 5.10 Å². The lowest BCUT2D eigenvalue weighted by Gasteiger charge is -2.32. The predicted octanol–water partition coefficient (Wildman–Crippen LogP) is -0.113. The van der Waals surface area contributed by atoms with Crippen LogP contribution in [0.1, 0.15) is 23.2 Å². The Balaban J connectivity index is 1.78. The van der Waals surface area contributed by atoms with Crippen LogP contribution in [0.25, 0.3) is 0 Å². The van der Waals surface area contributed by atoms with Gasteiger partial charge in [-0.05, 0) is 18.8 Å². The number of rotatable bonds is 3. The van der Waals surface area contributed by atoms with E-state index in [4.69, 9.17) is 5.73 Å². The zero-order valence-electron chi connectivity index (χ0n) is 8.81. The van der Waals surface area contributed by atoms with Crippen LogP contribution < -0.4 is 11.1 Å². The first-order chi connectivity index (χ1) is 7.15. The van der Waals surface area contributed by atoms with Gasteiger partial charge in [0.1, 0.15) is 0 Å². The molecule has 0 unspecified atom stereocenters. The van der Waals surface area contributed by atoms with Crippen molar-refractivity contribution < 1.29 is 4.79 Å². The zero-order valence-corrected chi connectivity index (χ0v) is 8.81. The van der Waals surface area contributed by atoms with Gasteiger partial charge in [-0.3, -0.25) is 9.48 Å². The lowest BCUT2D eigenvalue weighted by Crippen LogP contribution is -2.42. The number of aryl methyl sites for hydroxylation is 1. The first kappa shape index (κ1) is 10.2. The largest absolute Gasteiger partial charge is 0.352 e. The topological polar surface area (TPSA) is 72.9 Å². The van der Waals surface area contributed by atoms with Crippen molar-refractivity contribution in [1.29, 1.82) is 0 Å². The Kier molecular flexibility index (Phi) is 2.73. The number of aromatic nitrogens is 2. The standard InChI is InChI=1S/C10H16N4O/c1-14-6-8(5-13-14)10(15)12-4-7-2-9(11)3-7/h5-7,9H,2-4,11H2,1H3,(H,12,15). The Hall–Kier alpha value is -1.36. The summed E-state index contributed by atoms with van der Waals surface area (Å²) in [6, 6.07) is 0.338. The normalized spacial score (nSPS) is 24.7. The van der Waals surface area contributed by atoms with E-state index in [0.29, 0.717) is 17.5 Å². The third-order valence-electron chi connectivity index (χ3n) is 2.79. The smallest absolute Gasteiger partial charge is 0.254 e. The Labute approximate surface area is 88.6 Å². The summed E-state index contributed by atoms with van der Waals surface area (Å²) in [6.07, 6.45) is 5.32. The second-order valence-electron chi connectivity index (χ2n) is 4.21. The van der Waals surface area contributed by atoms with Gasteiger partial charge >= 0.3 is 0 Å². The fraction of sp³-hybridized carbons (Fsp3) is 0.600. The first-order valence-corrected chi connectivity index (χ1v) is 5.17. The van der Waals surface area contributed by atoms with Crippen LogP contribution in [-0.4, -0.2) is 28.3 Å². The van der Waals surface area contributed by atoms with Crippen LogP contribution in [0.3, 0.4) is 0 Å². The lowest BCUT2D eigenvalue weighted by molar-refractivity contribution is 0.0935. The maximum Gasteiger partial charge on any atom is 0.254 e. The summed E-state index contributed by atoms with van der Waals surface area (Å²) >= 11 is 0. The van der Waals surface area contributed by atoms with Crippen molar-refractivity contribution in [3.05, 3.63) is 18.0 Å². The van der Waals surface area contributed by atoms with E-state index in [-0.39, 0.29) is 5.91 Å². The van der Waals surface area contributed by atoms with E-state index in [0.717, 1.165) is 19.4 Å². The van der Waals surface area contributed by atoms with Crippen molar-refractivity contribution >= 4 is 5.91 Å². The minimum Gasteiger partial charge on any atom is -0.352 e. The number of amides is 1. The maximum absolute atomic E-state index is 11.6. The number of carbonyl (C=O) groups excluding carboxylic acids is 1. The molecule has 1 saturated carbocycles. The third-order valence-corrected chi connectivity index (χ3v) is 2.79. The predicted molar refractivity (Wildman–Crippen MR) is 56.2 cm³/mol. The summed E-state index contributed by atoms with van der Waals surface area (Å²) in [7, 11) is 1.79. The summed E-state index contributed by atoms with van der Waals surface area (Å²) in [4.78, 5) is 11.6. The van der Waals surface area contributed by atoms with Crippen molar-refractivity contribution in [2.45, 2.75) is 18.9 Å². The maximum atomic E-state index is 11.6. The van der Waals surface area contributed by atoms with Gasteiger partial charge in [-0.15, -0.1) is 0 Å². The summed E-state index contributed by atoms with van der Waals surface area (Å²) in [6.45, 7) is 0.724. The zero-order chi connectivity index (χ0) is 10.8. The van der Waals surface area contributed by atoms with Gasteiger partial charge in [-0.1, -0.05) is 0 Å². The van der Waals surface area contributed by atoms with E-state index in [2.05, 4.69) is 10.4 Å². The first-order valence-electron chi connectivity index (χ1n) is 5.17. The average molecular weight is 208 g/mol. The molecule has 0 radical (unpaired) electrons. The van der Waals surface area contributed by atoms with E-state index < -0.39 is 0 Å². The molecule has 1 aromatic heterocycles. The quantitative estimate of drug-likeness (QED) is 0.727. The Morgan fingerprint density at radius 3 is 3.00 bits per heavy atom. The van der Waals surface area contributed by atoms with Crippen LogP contribution in [-0.2, 0) is 7.05 Å². The van der Waals surface area contributed by atoms with Crippen LogP contribution in [0.4, 0.5) is 0 Å². The van der Waals surface area contributed by atoms with Crippen LogP contribution in [0.5, 0.6) is 0 Å². The fourth-order valence-corrected chi connectivity index (χ4v) is 1.83. The van der Waals surface area contributed by atoms with Crippen molar-refractivity contribution in [1.82, 2.24) is 15.1 Å². The molecule has 1 heterocycles. The number of hydrogen-bond acceptors (Lipinski definition) is 3. The van der Waals surface area contributed by atoms with Gasteiger partial charge in [0.05, 0.1) is 11.8 Å². The molecule has 1 fully saturated rings. The number of nitrogens with two attached hydrogens (primary N) is 1. The van der Waals surface area contributed by atoms with Gasteiger partial charge in [0, 0.05) is 25.8 Å². The molecule has 2 rings (SSSR count). The Morgan fingerprint density at radius 1 is 1.73 bits per heavy atom. The van der Waals surface area contributed by atoms with Gasteiger partial charge < -0.3 is 11.1 Å². The molecule has 82 valence electrons. The molecule has 1 amide bonds. The molecule has 0 atom stereocenters. The average Bonchev–Trinajstić information content (AvgIpc) is 2.57. The van der Waals surface area contributed by atoms with Gasteiger partial charge in [0.25, 0.3) is 5.91 Å². The third kappa shape index (κ3) is 2.36. The molecule has 5 heteroatoms. The number of carbonyl (C=O) groups is 1. The van der Waals surface area contributed by atoms with Crippen molar-refractivity contribution in [3.63, 3.8) is 0 Å². The highest BCUT2D eigenvalue weighted by Gasteiger charge is 2.26. The molecule has 0 saturated heterocycles. The molecule has 1 aliphatic carbocycles. The van der Waals surface area contributed by atoms with Crippen molar-refractivity contribution in [3.8, 4) is 0 Å². The minimum absolute atomic E-state index is 0.0522. The highest BCUT2D eigenvalue weighted by molar-refractivity contribution is 5.93. The van der Waals surface area contributed by atoms with Crippen molar-refractivity contribution in [2.24, 2.45) is 18.7 Å². The Bertz CT molecular complexity index is 354. The fourth-order valence-electron chi connectivity index (χ4n) is 1.83. The van der Waals surface area contributed by atoms with Crippen LogP contribution in [0.15, 0.2) is 12.4 Å². The molecular weight excluding hydrogens is 192 g/mol. The number of nitrogens with zero attached hydrogens (tertiary/aromatic N) is 2. The number of nitrogens with one attached hydrogen (secondary N) is 1. The van der Waals surface area contributed by atoms with Gasteiger partial charge in [-0.25, -0.2) is 0 Å². The molecular formula is C10H16N4O. The van der Waals surface area contributed by atoms with Crippen LogP contribution in [0.2, 0.25) is 0 Å². The minimum atomic E-state index is -0.0522. The molecule has 0 aromatic carbocycles. The van der Waals surface area contributed by atoms with E-state index in [1.807, 2.05) is 0 Å². The highest BCUT2D eigenvalue weighted by Crippen LogP contribution is 2.24. The van der Waals surface area contributed by atoms with Gasteiger partial charge in [0.2, 0.25) is 0 Å². The second kappa shape index (κ2) is 4.02. The van der Waals surface area contributed by atoms with Crippen LogP contribution in [0, 0.1) is 5.92 Å². The molecule has 15 heavy (non-hydrogen) atoms. The molecule has 1 aromatic rings. The van der Waals surface area contributed by atoms with Crippen molar-refractivity contribution in [2.75, 3.05) is 6.54 Å². The molecule has 3 N–H and O–H groups in total. The molecule has 1 aliphatic rings. The summed E-state index contributed by atoms with van der Waals surface area (Å²) in [5.41, 5.74) is 6.28. The summed E-state index contributed by atoms with van der Waals surface area (Å²) in [5.74, 6) is 0.504. The summed E-state index contributed by atoms with van der Waals surface area (Å²) in [5, 5.41) is 6.83. The second-order valence-corrected chi connectivity index (χ2v) is 4.21. The monoisotopic (exact) mass is 208 g/mol. The van der Waals surface area contributed by atoms with Gasteiger partial charge in [0.15, 0.2) is 0 Å². The van der Waals surface area contributed by atoms with E-state index in [1.54, 1.807) is 24.1 Å². The Morgan fingerprint density at radius 2 is 2.47 bits per heavy atom. The van der Waals surface area contributed by atoms with E-state index in [1.165, 1.54) is 0 Å². The lowest BCUT2D eigenvalue weighted by atomic mass is 9.81.